The van der Waals surface area contributed by atoms with E-state index in [9.17, 15) is 9.18 Å². The van der Waals surface area contributed by atoms with Crippen LogP contribution < -0.4 is 15.6 Å². The molecule has 0 fully saturated rings. The summed E-state index contributed by atoms with van der Waals surface area (Å²) in [7, 11) is 1.61. The van der Waals surface area contributed by atoms with E-state index in [0.717, 1.165) is 5.69 Å². The monoisotopic (exact) mass is 398 g/mol. The van der Waals surface area contributed by atoms with E-state index in [1.807, 2.05) is 30.3 Å². The zero-order valence-corrected chi connectivity index (χ0v) is 15.6. The predicted octanol–water partition coefficient (Wildman–Crippen LogP) is 4.43. The lowest BCUT2D eigenvalue weighted by Crippen LogP contribution is -2.19. The molecule has 0 saturated heterocycles. The maximum absolute atomic E-state index is 13.0. The predicted molar refractivity (Wildman–Crippen MR) is 108 cm³/mol. The number of anilines is 2. The molecule has 4 rings (SSSR count). The van der Waals surface area contributed by atoms with Crippen LogP contribution in [0.4, 0.5) is 16.0 Å². The van der Waals surface area contributed by atoms with Crippen molar-refractivity contribution >= 4 is 35.1 Å². The number of nitrogens with one attached hydrogen (secondary N) is 1. The number of aromatic nitrogens is 3. The second-order valence-electron chi connectivity index (χ2n) is 5.89. The van der Waals surface area contributed by atoms with Gasteiger partial charge in [-0.3, -0.25) is 9.36 Å². The average molecular weight is 399 g/mol. The van der Waals surface area contributed by atoms with Crippen LogP contribution in [0.5, 0.6) is 11.5 Å². The van der Waals surface area contributed by atoms with Crippen LogP contribution in [0.15, 0.2) is 71.7 Å². The van der Waals surface area contributed by atoms with E-state index >= 15 is 0 Å². The van der Waals surface area contributed by atoms with Crippen LogP contribution in [-0.2, 0) is 7.05 Å². The summed E-state index contributed by atoms with van der Waals surface area (Å²) in [4.78, 5) is 21.3. The molecule has 0 aliphatic heterocycles. The van der Waals surface area contributed by atoms with E-state index < -0.39 is 0 Å². The van der Waals surface area contributed by atoms with Gasteiger partial charge in [0.15, 0.2) is 5.75 Å². The molecule has 0 unspecified atom stereocenters. The van der Waals surface area contributed by atoms with Gasteiger partial charge in [0.25, 0.3) is 5.56 Å². The number of ether oxygens (including phenoxy) is 1. The van der Waals surface area contributed by atoms with Gasteiger partial charge in [-0.05, 0) is 42.5 Å². The van der Waals surface area contributed by atoms with Crippen LogP contribution in [0.25, 0.3) is 11.0 Å². The number of pyridine rings is 1. The normalized spacial score (nSPS) is 10.4. The van der Waals surface area contributed by atoms with E-state index in [2.05, 4.69) is 15.3 Å². The second kappa shape index (κ2) is 8.06. The number of benzene rings is 2. The van der Waals surface area contributed by atoms with Crippen LogP contribution in [0.1, 0.15) is 0 Å². The Morgan fingerprint density at radius 2 is 1.79 bits per heavy atom. The summed E-state index contributed by atoms with van der Waals surface area (Å²) in [5.74, 6) is 0.497. The van der Waals surface area contributed by atoms with Gasteiger partial charge in [0.05, 0.1) is 0 Å². The summed E-state index contributed by atoms with van der Waals surface area (Å²) in [5, 5.41) is 3.74. The fourth-order valence-electron chi connectivity index (χ4n) is 2.63. The molecule has 0 radical (unpaired) electrons. The Morgan fingerprint density at radius 1 is 1.07 bits per heavy atom. The van der Waals surface area contributed by atoms with Gasteiger partial charge in [-0.15, -0.1) is 12.4 Å². The van der Waals surface area contributed by atoms with Crippen molar-refractivity contribution in [2.24, 2.45) is 7.05 Å². The third kappa shape index (κ3) is 3.94. The number of hydrogen-bond acceptors (Lipinski definition) is 5. The molecule has 0 atom stereocenters. The van der Waals surface area contributed by atoms with Crippen LogP contribution >= 0.6 is 12.4 Å². The molecule has 0 aliphatic carbocycles. The quantitative estimate of drug-likeness (QED) is 0.551. The molecule has 142 valence electrons. The number of rotatable bonds is 4. The number of fused-ring (bicyclic) bond motifs is 1. The summed E-state index contributed by atoms with van der Waals surface area (Å²) in [5.41, 5.74) is 0.967. The fraction of sp³-hybridized carbons (Fsp3) is 0.0500. The summed E-state index contributed by atoms with van der Waals surface area (Å²) in [6, 6.07) is 16.5. The molecule has 0 aliphatic rings. The molecule has 0 spiro atoms. The number of aryl methyl sites for hydroxylation is 1. The molecule has 1 N–H and O–H groups in total. The molecule has 0 amide bonds. The molecule has 6 nitrogen and oxygen atoms in total. The van der Waals surface area contributed by atoms with Crippen molar-refractivity contribution in [3.63, 3.8) is 0 Å². The van der Waals surface area contributed by atoms with Crippen molar-refractivity contribution in [1.82, 2.24) is 14.5 Å². The highest BCUT2D eigenvalue weighted by molar-refractivity contribution is 5.85. The summed E-state index contributed by atoms with van der Waals surface area (Å²) < 4.78 is 20.0. The maximum atomic E-state index is 13.0. The number of para-hydroxylation sites is 1. The van der Waals surface area contributed by atoms with E-state index in [1.54, 1.807) is 19.3 Å². The van der Waals surface area contributed by atoms with Gasteiger partial charge in [0, 0.05) is 24.3 Å². The number of hydrogen-bond donors (Lipinski definition) is 1. The van der Waals surface area contributed by atoms with Crippen LogP contribution in [0.2, 0.25) is 0 Å². The van der Waals surface area contributed by atoms with Crippen molar-refractivity contribution in [3.05, 3.63) is 83.0 Å². The Hall–Kier alpha value is -3.45. The first-order valence-electron chi connectivity index (χ1n) is 8.22. The smallest absolute Gasteiger partial charge is 0.294 e. The Labute approximate surface area is 166 Å². The molecule has 0 saturated carbocycles. The summed E-state index contributed by atoms with van der Waals surface area (Å²) in [6.07, 6.45) is 1.62. The highest BCUT2D eigenvalue weighted by Crippen LogP contribution is 2.22. The topological polar surface area (TPSA) is 69.0 Å². The highest BCUT2D eigenvalue weighted by Gasteiger charge is 2.11. The molecule has 2 aromatic carbocycles. The Kier molecular flexibility index (Phi) is 5.56. The van der Waals surface area contributed by atoms with E-state index in [1.165, 1.54) is 28.8 Å². The molecule has 8 heteroatoms. The Balaban J connectivity index is 0.00000225. The van der Waals surface area contributed by atoms with E-state index in [4.69, 9.17) is 4.74 Å². The highest BCUT2D eigenvalue weighted by atomic mass is 35.5. The second-order valence-corrected chi connectivity index (χ2v) is 5.89. The minimum absolute atomic E-state index is 0. The van der Waals surface area contributed by atoms with Gasteiger partial charge in [0.1, 0.15) is 17.2 Å². The number of nitrogens with zero attached hydrogens (tertiary/aromatic N) is 3. The third-order valence-electron chi connectivity index (χ3n) is 3.99. The zero-order valence-electron chi connectivity index (χ0n) is 14.8. The maximum Gasteiger partial charge on any atom is 0.294 e. The third-order valence-corrected chi connectivity index (χ3v) is 3.99. The van der Waals surface area contributed by atoms with E-state index in [0.29, 0.717) is 22.7 Å². The lowest BCUT2D eigenvalue weighted by atomic mass is 10.3. The van der Waals surface area contributed by atoms with Crippen molar-refractivity contribution in [2.45, 2.75) is 0 Å². The lowest BCUT2D eigenvalue weighted by Gasteiger charge is -2.11. The van der Waals surface area contributed by atoms with Crippen molar-refractivity contribution in [3.8, 4) is 11.5 Å². The zero-order chi connectivity index (χ0) is 18.8. The Morgan fingerprint density at radius 3 is 2.50 bits per heavy atom. The number of halogens is 2. The van der Waals surface area contributed by atoms with Gasteiger partial charge < -0.3 is 10.1 Å². The SMILES string of the molecule is Cl.Cn1c(=O)c(Oc2ccc(F)cc2)cc2cnc(Nc3ccccc3)nc21. The first kappa shape index (κ1) is 19.3. The molecular weight excluding hydrogens is 383 g/mol. The van der Waals surface area contributed by atoms with Crippen LogP contribution in [-0.4, -0.2) is 14.5 Å². The lowest BCUT2D eigenvalue weighted by molar-refractivity contribution is 0.470. The summed E-state index contributed by atoms with van der Waals surface area (Å²) in [6.45, 7) is 0. The van der Waals surface area contributed by atoms with Gasteiger partial charge in [-0.1, -0.05) is 18.2 Å². The van der Waals surface area contributed by atoms with Crippen LogP contribution in [0, 0.1) is 5.82 Å². The molecule has 2 aromatic heterocycles. The minimum Gasteiger partial charge on any atom is -0.452 e. The molecule has 2 heterocycles. The first-order valence-corrected chi connectivity index (χ1v) is 8.22. The van der Waals surface area contributed by atoms with E-state index in [-0.39, 0.29) is 29.5 Å². The fourth-order valence-corrected chi connectivity index (χ4v) is 2.63. The van der Waals surface area contributed by atoms with Gasteiger partial charge in [0.2, 0.25) is 5.95 Å². The van der Waals surface area contributed by atoms with Crippen molar-refractivity contribution < 1.29 is 9.13 Å². The van der Waals surface area contributed by atoms with Gasteiger partial charge >= 0.3 is 0 Å². The summed E-state index contributed by atoms with van der Waals surface area (Å²) >= 11 is 0. The van der Waals surface area contributed by atoms with Crippen molar-refractivity contribution in [2.75, 3.05) is 5.32 Å². The largest absolute Gasteiger partial charge is 0.452 e. The average Bonchev–Trinajstić information content (AvgIpc) is 2.69. The van der Waals surface area contributed by atoms with Crippen molar-refractivity contribution in [1.29, 1.82) is 0 Å². The standard InChI is InChI=1S/C20H15FN4O2.ClH/c1-25-18-13(12-22-20(24-18)23-15-5-3-2-4-6-15)11-17(19(25)26)27-16-9-7-14(21)8-10-16;/h2-12H,1H3,(H,22,23,24);1H. The Bertz CT molecular complexity index is 1160. The first-order chi connectivity index (χ1) is 13.1. The molecule has 4 aromatic rings. The minimum atomic E-state index is -0.374. The van der Waals surface area contributed by atoms with Gasteiger partial charge in [-0.2, -0.15) is 4.98 Å². The van der Waals surface area contributed by atoms with Crippen LogP contribution in [0.3, 0.4) is 0 Å². The molecule has 0 bridgehead atoms. The molecular formula is C20H16ClFN4O2. The van der Waals surface area contributed by atoms with Gasteiger partial charge in [-0.25, -0.2) is 9.37 Å². The molecule has 28 heavy (non-hydrogen) atoms.